The van der Waals surface area contributed by atoms with Gasteiger partial charge in [0, 0.05) is 32.7 Å². The summed E-state index contributed by atoms with van der Waals surface area (Å²) >= 11 is 0. The van der Waals surface area contributed by atoms with Gasteiger partial charge in [0.05, 0.1) is 0 Å². The van der Waals surface area contributed by atoms with Crippen LogP contribution in [0.1, 0.15) is 45.4 Å². The highest BCUT2D eigenvalue weighted by Gasteiger charge is 2.32. The van der Waals surface area contributed by atoms with Gasteiger partial charge in [-0.25, -0.2) is 4.79 Å². The van der Waals surface area contributed by atoms with Gasteiger partial charge in [0.25, 0.3) is 11.8 Å². The van der Waals surface area contributed by atoms with E-state index in [1.165, 1.54) is 0 Å². The third-order valence-corrected chi connectivity index (χ3v) is 3.18. The fourth-order valence-corrected chi connectivity index (χ4v) is 1.82. The Bertz CT molecular complexity index is 392. The molecule has 1 heterocycles. The molecule has 7 heteroatoms. The smallest absolute Gasteiger partial charge is 0.333 e. The van der Waals surface area contributed by atoms with Crippen molar-refractivity contribution in [3.8, 4) is 0 Å². The number of rotatable bonds is 7. The minimum Gasteiger partial charge on any atom is -0.359 e. The van der Waals surface area contributed by atoms with E-state index in [4.69, 9.17) is 4.84 Å². The van der Waals surface area contributed by atoms with Crippen LogP contribution < -0.4 is 5.32 Å². The quantitative estimate of drug-likeness (QED) is 0.689. The maximum absolute atomic E-state index is 11.5. The van der Waals surface area contributed by atoms with Crippen LogP contribution in [0.3, 0.4) is 0 Å². The summed E-state index contributed by atoms with van der Waals surface area (Å²) in [6.45, 7) is 1.93. The molecule has 3 amide bonds. The molecule has 1 aliphatic heterocycles. The molecule has 1 N–H and O–H groups in total. The van der Waals surface area contributed by atoms with E-state index in [9.17, 15) is 19.2 Å². The zero-order chi connectivity index (χ0) is 15.1. The lowest BCUT2D eigenvalue weighted by Gasteiger charge is -2.14. The molecule has 1 rings (SSSR count). The highest BCUT2D eigenvalue weighted by molar-refractivity contribution is 6.01. The van der Waals surface area contributed by atoms with Gasteiger partial charge >= 0.3 is 5.97 Å². The topological polar surface area (TPSA) is 92.8 Å². The first-order valence-electron chi connectivity index (χ1n) is 6.71. The van der Waals surface area contributed by atoms with Gasteiger partial charge < -0.3 is 10.2 Å². The fraction of sp³-hybridized carbons (Fsp3) is 0.692. The molecule has 0 saturated carbocycles. The second-order valence-electron chi connectivity index (χ2n) is 4.90. The van der Waals surface area contributed by atoms with Crippen LogP contribution in [0, 0.1) is 5.92 Å². The summed E-state index contributed by atoms with van der Waals surface area (Å²) in [5.41, 5.74) is 0. The molecule has 1 saturated heterocycles. The van der Waals surface area contributed by atoms with Gasteiger partial charge in [-0.15, -0.1) is 5.06 Å². The first kappa shape index (κ1) is 16.1. The predicted molar refractivity (Wildman–Crippen MR) is 68.9 cm³/mol. The second-order valence-corrected chi connectivity index (χ2v) is 4.90. The lowest BCUT2D eigenvalue weighted by atomic mass is 10.00. The first-order chi connectivity index (χ1) is 9.43. The molecule has 0 aromatic carbocycles. The van der Waals surface area contributed by atoms with E-state index in [0.717, 1.165) is 0 Å². The number of nitrogens with zero attached hydrogens (tertiary/aromatic N) is 1. The third kappa shape index (κ3) is 4.99. The highest BCUT2D eigenvalue weighted by atomic mass is 16.7. The van der Waals surface area contributed by atoms with Crippen LogP contribution in [0.25, 0.3) is 0 Å². The van der Waals surface area contributed by atoms with Crippen LogP contribution >= 0.6 is 0 Å². The first-order valence-corrected chi connectivity index (χ1v) is 6.71. The molecule has 0 bridgehead atoms. The molecule has 0 spiro atoms. The lowest BCUT2D eigenvalue weighted by molar-refractivity contribution is -0.197. The zero-order valence-corrected chi connectivity index (χ0v) is 11.8. The van der Waals surface area contributed by atoms with Crippen LogP contribution in [0.5, 0.6) is 0 Å². The van der Waals surface area contributed by atoms with Crippen LogP contribution in [0.15, 0.2) is 0 Å². The van der Waals surface area contributed by atoms with Gasteiger partial charge in [-0.2, -0.15) is 0 Å². The van der Waals surface area contributed by atoms with Gasteiger partial charge in [0.15, 0.2) is 0 Å². The van der Waals surface area contributed by atoms with Gasteiger partial charge in [-0.05, 0) is 18.8 Å². The molecular weight excluding hydrogens is 264 g/mol. The molecule has 0 radical (unpaired) electrons. The van der Waals surface area contributed by atoms with Crippen molar-refractivity contribution in [2.45, 2.75) is 45.4 Å². The molecule has 7 nitrogen and oxygen atoms in total. The average molecular weight is 284 g/mol. The van der Waals surface area contributed by atoms with Crippen LogP contribution in [-0.2, 0) is 24.0 Å². The zero-order valence-electron chi connectivity index (χ0n) is 11.8. The van der Waals surface area contributed by atoms with Crippen molar-refractivity contribution in [3.63, 3.8) is 0 Å². The Morgan fingerprint density at radius 1 is 1.20 bits per heavy atom. The average Bonchev–Trinajstić information content (AvgIpc) is 2.74. The van der Waals surface area contributed by atoms with E-state index < -0.39 is 17.8 Å². The summed E-state index contributed by atoms with van der Waals surface area (Å²) in [5.74, 6) is -1.40. The predicted octanol–water partition coefficient (Wildman–Crippen LogP) is 0.536. The standard InChI is InChI=1S/C13H20N2O5/c1-9(3-5-10(16)14-2)4-8-13(19)20-15-11(17)6-7-12(15)18/h9H,3-8H2,1-2H3,(H,14,16). The van der Waals surface area contributed by atoms with Crippen molar-refractivity contribution in [1.29, 1.82) is 0 Å². The van der Waals surface area contributed by atoms with E-state index in [1.54, 1.807) is 7.05 Å². The Hall–Kier alpha value is -1.92. The van der Waals surface area contributed by atoms with Crippen LogP contribution in [-0.4, -0.2) is 35.8 Å². The maximum Gasteiger partial charge on any atom is 0.333 e. The summed E-state index contributed by atoms with van der Waals surface area (Å²) in [6.07, 6.45) is 1.94. The normalized spacial score (nSPS) is 16.2. The number of amides is 3. The molecule has 0 aromatic rings. The van der Waals surface area contributed by atoms with Gasteiger partial charge in [-0.1, -0.05) is 6.92 Å². The Labute approximate surface area is 117 Å². The largest absolute Gasteiger partial charge is 0.359 e. The maximum atomic E-state index is 11.5. The SMILES string of the molecule is CNC(=O)CCC(C)CCC(=O)ON1C(=O)CCC1=O. The minimum atomic E-state index is -0.597. The molecule has 0 aromatic heterocycles. The fourth-order valence-electron chi connectivity index (χ4n) is 1.82. The van der Waals surface area contributed by atoms with Crippen molar-refractivity contribution in [1.82, 2.24) is 10.4 Å². The molecule has 0 aliphatic carbocycles. The molecule has 20 heavy (non-hydrogen) atoms. The second kappa shape index (κ2) is 7.62. The Kier molecular flexibility index (Phi) is 6.14. The Balaban J connectivity index is 2.24. The van der Waals surface area contributed by atoms with Crippen molar-refractivity contribution in [2.24, 2.45) is 5.92 Å². The van der Waals surface area contributed by atoms with Crippen molar-refractivity contribution < 1.29 is 24.0 Å². The summed E-state index contributed by atoms with van der Waals surface area (Å²) in [5, 5.41) is 3.08. The summed E-state index contributed by atoms with van der Waals surface area (Å²) in [6, 6.07) is 0. The highest BCUT2D eigenvalue weighted by Crippen LogP contribution is 2.16. The summed E-state index contributed by atoms with van der Waals surface area (Å²) in [4.78, 5) is 49.9. The van der Waals surface area contributed by atoms with E-state index in [0.29, 0.717) is 24.3 Å². The number of nitrogens with one attached hydrogen (secondary N) is 1. The molecule has 112 valence electrons. The summed E-state index contributed by atoms with van der Waals surface area (Å²) < 4.78 is 0. The monoisotopic (exact) mass is 284 g/mol. The van der Waals surface area contributed by atoms with Crippen molar-refractivity contribution >= 4 is 23.7 Å². The van der Waals surface area contributed by atoms with Crippen LogP contribution in [0.2, 0.25) is 0 Å². The molecule has 1 unspecified atom stereocenters. The number of hydrogen-bond acceptors (Lipinski definition) is 5. The summed E-state index contributed by atoms with van der Waals surface area (Å²) in [7, 11) is 1.58. The van der Waals surface area contributed by atoms with E-state index in [1.807, 2.05) is 6.92 Å². The molecule has 1 atom stereocenters. The number of hydrogen-bond donors (Lipinski definition) is 1. The number of carbonyl (C=O) groups is 4. The van der Waals surface area contributed by atoms with Crippen molar-refractivity contribution in [2.75, 3.05) is 7.05 Å². The van der Waals surface area contributed by atoms with Gasteiger partial charge in [0.2, 0.25) is 5.91 Å². The van der Waals surface area contributed by atoms with Gasteiger partial charge in [-0.3, -0.25) is 14.4 Å². The van der Waals surface area contributed by atoms with E-state index in [2.05, 4.69) is 5.32 Å². The lowest BCUT2D eigenvalue weighted by Crippen LogP contribution is -2.32. The van der Waals surface area contributed by atoms with E-state index >= 15 is 0 Å². The number of carbonyl (C=O) groups excluding carboxylic acids is 4. The molecule has 1 aliphatic rings. The minimum absolute atomic E-state index is 0.0345. The van der Waals surface area contributed by atoms with E-state index in [-0.39, 0.29) is 31.1 Å². The van der Waals surface area contributed by atoms with Gasteiger partial charge in [0.1, 0.15) is 0 Å². The third-order valence-electron chi connectivity index (χ3n) is 3.18. The van der Waals surface area contributed by atoms with Crippen LogP contribution in [0.4, 0.5) is 0 Å². The Morgan fingerprint density at radius 2 is 1.75 bits per heavy atom. The number of hydroxylamine groups is 2. The molecule has 1 fully saturated rings. The Morgan fingerprint density at radius 3 is 2.30 bits per heavy atom. The number of imide groups is 1. The molecular formula is C13H20N2O5. The van der Waals surface area contributed by atoms with Crippen molar-refractivity contribution in [3.05, 3.63) is 0 Å².